The van der Waals surface area contributed by atoms with Gasteiger partial charge < -0.3 is 19.6 Å². The fourth-order valence-corrected chi connectivity index (χ4v) is 8.73. The van der Waals surface area contributed by atoms with Crippen LogP contribution in [-0.4, -0.2) is 80.6 Å². The largest absolute Gasteiger partial charge is 0.465 e. The molecule has 4 aliphatic heterocycles. The number of amides is 2. The lowest BCUT2D eigenvalue weighted by atomic mass is 9.74. The number of allylic oxidation sites excluding steroid dienone is 1. The Hall–Kier alpha value is -1.80. The second-order valence-electron chi connectivity index (χ2n) is 11.3. The number of nitrogens with zero attached hydrogens (tertiary/aromatic N) is 2. The van der Waals surface area contributed by atoms with Gasteiger partial charge in [0.25, 0.3) is 0 Å². The third-order valence-electron chi connectivity index (χ3n) is 8.15. The lowest BCUT2D eigenvalue weighted by molar-refractivity contribution is -0.154. The van der Waals surface area contributed by atoms with Gasteiger partial charge in [-0.05, 0) is 38.5 Å². The summed E-state index contributed by atoms with van der Waals surface area (Å²) in [5, 5.41) is 10.4. The number of hydrogen-bond donors (Lipinski definition) is 1. The van der Waals surface area contributed by atoms with Crippen molar-refractivity contribution in [3.05, 3.63) is 24.3 Å². The van der Waals surface area contributed by atoms with Gasteiger partial charge >= 0.3 is 5.97 Å². The molecule has 4 heterocycles. The number of fused-ring (bicyclic) bond motifs is 2. The highest BCUT2D eigenvalue weighted by Gasteiger charge is 2.74. The van der Waals surface area contributed by atoms with Crippen LogP contribution in [0.2, 0.25) is 0 Å². The van der Waals surface area contributed by atoms with Crippen molar-refractivity contribution in [3.8, 4) is 0 Å². The molecule has 2 saturated heterocycles. The molecule has 36 heavy (non-hydrogen) atoms. The summed E-state index contributed by atoms with van der Waals surface area (Å²) >= 11 is 1.57. The number of likely N-dealkylation sites (tertiary alicyclic amines) is 1. The number of aliphatic hydroxyl groups is 1. The van der Waals surface area contributed by atoms with Crippen molar-refractivity contribution in [1.82, 2.24) is 9.80 Å². The van der Waals surface area contributed by atoms with Gasteiger partial charge in [-0.1, -0.05) is 57.9 Å². The van der Waals surface area contributed by atoms with Crippen LogP contribution < -0.4 is 0 Å². The number of rotatable bonds is 8. The number of thioether (sulfide) groups is 1. The number of hydrogen-bond acceptors (Lipinski definition) is 6. The lowest BCUT2D eigenvalue weighted by Gasteiger charge is -2.40. The van der Waals surface area contributed by atoms with Gasteiger partial charge in [-0.3, -0.25) is 14.4 Å². The quantitative estimate of drug-likeness (QED) is 0.300. The molecule has 2 fully saturated rings. The fourth-order valence-electron chi connectivity index (χ4n) is 6.59. The Bertz CT molecular complexity index is 920. The molecule has 6 atom stereocenters. The topological polar surface area (TPSA) is 87.2 Å². The minimum Gasteiger partial charge on any atom is -0.465 e. The molecule has 1 unspecified atom stereocenters. The average Bonchev–Trinajstić information content (AvgIpc) is 3.18. The van der Waals surface area contributed by atoms with Crippen molar-refractivity contribution in [2.24, 2.45) is 17.8 Å². The number of unbranched alkanes of at least 4 members (excludes halogenated alkanes) is 2. The Labute approximate surface area is 219 Å². The van der Waals surface area contributed by atoms with Gasteiger partial charge in [0.05, 0.1) is 35.8 Å². The Morgan fingerprint density at radius 2 is 1.92 bits per heavy atom. The van der Waals surface area contributed by atoms with E-state index < -0.39 is 33.4 Å². The zero-order valence-electron chi connectivity index (χ0n) is 22.2. The highest BCUT2D eigenvalue weighted by atomic mass is 32.2. The number of aliphatic hydroxyl groups excluding tert-OH is 1. The van der Waals surface area contributed by atoms with Crippen molar-refractivity contribution in [2.75, 3.05) is 26.3 Å². The number of carbonyl (C=O) groups excluding carboxylic acids is 3. The Balaban J connectivity index is 1.83. The average molecular weight is 519 g/mol. The molecule has 4 aliphatic rings. The SMILES string of the molecule is CCCCCN1CC=C[C@]23S[C@@]4(C)/C=C\CCCOC(=O)[C@H]4[C@H]2C(=O)N([C@@H](CO)CC(C)C)C3C1=O. The molecule has 1 N–H and O–H groups in total. The van der Waals surface area contributed by atoms with E-state index in [1.165, 1.54) is 0 Å². The van der Waals surface area contributed by atoms with Crippen LogP contribution in [0.15, 0.2) is 24.3 Å². The van der Waals surface area contributed by atoms with Crippen LogP contribution in [0.4, 0.5) is 0 Å². The molecule has 8 heteroatoms. The molecule has 0 saturated carbocycles. The zero-order valence-corrected chi connectivity index (χ0v) is 23.0. The molecule has 0 aromatic carbocycles. The molecule has 1 spiro atoms. The summed E-state index contributed by atoms with van der Waals surface area (Å²) in [6.07, 6.45) is 13.4. The molecular formula is C28H42N2O5S. The standard InChI is InChI=1S/C28H42N2O5S/c1-5-6-9-14-29-15-11-13-28-21(22-26(34)35-16-10-7-8-12-27(22,4)36-28)24(32)30(23(28)25(29)33)20(18-31)17-19(2)3/h8,11-13,19-23,31H,5-7,9-10,14-18H2,1-4H3/b12-8-/t20-,21+,22-,23?,27+,28+/m1/s1. The number of ether oxygens (including phenoxy) is 1. The first kappa shape index (κ1) is 27.2. The van der Waals surface area contributed by atoms with E-state index >= 15 is 0 Å². The smallest absolute Gasteiger partial charge is 0.311 e. The summed E-state index contributed by atoms with van der Waals surface area (Å²) in [6.45, 7) is 9.49. The van der Waals surface area contributed by atoms with Gasteiger partial charge in [0.1, 0.15) is 6.04 Å². The molecule has 4 rings (SSSR count). The van der Waals surface area contributed by atoms with E-state index in [4.69, 9.17) is 4.74 Å². The molecule has 0 aromatic heterocycles. The first-order valence-electron chi connectivity index (χ1n) is 13.6. The first-order chi connectivity index (χ1) is 17.2. The fraction of sp³-hybridized carbons (Fsp3) is 0.750. The molecule has 0 bridgehead atoms. The highest BCUT2D eigenvalue weighted by molar-refractivity contribution is 8.02. The van der Waals surface area contributed by atoms with Crippen LogP contribution in [0.1, 0.15) is 66.2 Å². The summed E-state index contributed by atoms with van der Waals surface area (Å²) in [6, 6.07) is -1.24. The summed E-state index contributed by atoms with van der Waals surface area (Å²) in [4.78, 5) is 45.6. The summed E-state index contributed by atoms with van der Waals surface area (Å²) in [5.74, 6) is -1.82. The predicted molar refractivity (Wildman–Crippen MR) is 141 cm³/mol. The zero-order chi connectivity index (χ0) is 26.1. The Morgan fingerprint density at radius 3 is 2.61 bits per heavy atom. The molecule has 0 aromatic rings. The van der Waals surface area contributed by atoms with Crippen molar-refractivity contribution < 1.29 is 24.2 Å². The molecular weight excluding hydrogens is 476 g/mol. The second kappa shape index (κ2) is 10.9. The van der Waals surface area contributed by atoms with Crippen molar-refractivity contribution in [3.63, 3.8) is 0 Å². The van der Waals surface area contributed by atoms with Crippen LogP contribution in [0.3, 0.4) is 0 Å². The summed E-state index contributed by atoms with van der Waals surface area (Å²) < 4.78 is 4.12. The van der Waals surface area contributed by atoms with E-state index in [-0.39, 0.29) is 30.3 Å². The normalized spacial score (nSPS) is 35.9. The van der Waals surface area contributed by atoms with E-state index in [0.29, 0.717) is 26.1 Å². The minimum atomic E-state index is -0.889. The van der Waals surface area contributed by atoms with Gasteiger partial charge in [0.2, 0.25) is 11.8 Å². The van der Waals surface area contributed by atoms with E-state index in [1.807, 2.05) is 24.0 Å². The van der Waals surface area contributed by atoms with Crippen LogP contribution in [0.5, 0.6) is 0 Å². The van der Waals surface area contributed by atoms with Crippen LogP contribution in [0.25, 0.3) is 0 Å². The van der Waals surface area contributed by atoms with Gasteiger partial charge in [-0.15, -0.1) is 11.8 Å². The Kier molecular flexibility index (Phi) is 8.25. The van der Waals surface area contributed by atoms with E-state index in [1.54, 1.807) is 16.7 Å². The van der Waals surface area contributed by atoms with Gasteiger partial charge in [0.15, 0.2) is 0 Å². The van der Waals surface area contributed by atoms with E-state index in [0.717, 1.165) is 32.1 Å². The lowest BCUT2D eigenvalue weighted by Crippen LogP contribution is -2.57. The monoisotopic (exact) mass is 518 g/mol. The molecule has 2 amide bonds. The van der Waals surface area contributed by atoms with Crippen molar-refractivity contribution in [2.45, 2.75) is 87.8 Å². The molecule has 200 valence electrons. The molecule has 7 nitrogen and oxygen atoms in total. The molecule has 0 aliphatic carbocycles. The van der Waals surface area contributed by atoms with Crippen LogP contribution in [-0.2, 0) is 19.1 Å². The second-order valence-corrected chi connectivity index (χ2v) is 13.1. The maximum Gasteiger partial charge on any atom is 0.311 e. The maximum atomic E-state index is 14.3. The number of cyclic esters (lactones) is 1. The van der Waals surface area contributed by atoms with Gasteiger partial charge in [-0.2, -0.15) is 0 Å². The number of esters is 1. The predicted octanol–water partition coefficient (Wildman–Crippen LogP) is 3.56. The summed E-state index contributed by atoms with van der Waals surface area (Å²) in [7, 11) is 0. The van der Waals surface area contributed by atoms with Crippen molar-refractivity contribution >= 4 is 29.5 Å². The van der Waals surface area contributed by atoms with E-state index in [9.17, 15) is 19.5 Å². The van der Waals surface area contributed by atoms with Gasteiger partial charge in [0, 0.05) is 17.8 Å². The third kappa shape index (κ3) is 4.64. The van der Waals surface area contributed by atoms with Crippen molar-refractivity contribution in [1.29, 1.82) is 0 Å². The Morgan fingerprint density at radius 1 is 1.14 bits per heavy atom. The third-order valence-corrected chi connectivity index (χ3v) is 9.95. The van der Waals surface area contributed by atoms with E-state index in [2.05, 4.69) is 32.9 Å². The van der Waals surface area contributed by atoms with Crippen LogP contribution in [0, 0.1) is 17.8 Å². The number of carbonyl (C=O) groups is 3. The highest BCUT2D eigenvalue weighted by Crippen LogP contribution is 2.65. The summed E-state index contributed by atoms with van der Waals surface area (Å²) in [5.41, 5.74) is 0. The minimum absolute atomic E-state index is 0.0749. The molecule has 0 radical (unpaired) electrons. The van der Waals surface area contributed by atoms with Crippen LogP contribution >= 0.6 is 11.8 Å². The van der Waals surface area contributed by atoms with Gasteiger partial charge in [-0.25, -0.2) is 0 Å². The first-order valence-corrected chi connectivity index (χ1v) is 14.5. The maximum absolute atomic E-state index is 14.3.